The van der Waals surface area contributed by atoms with Crippen LogP contribution in [0, 0.1) is 13.8 Å². The van der Waals surface area contributed by atoms with Crippen LogP contribution in [0.1, 0.15) is 40.4 Å². The van der Waals surface area contributed by atoms with E-state index in [1.807, 2.05) is 4.68 Å². The standard InChI is InChI=1S/C14H22N4OS/c1-5-6-18-14(11(19-4)8-16-18)13(17-15)12-7-9(2)10(3)20-12/h7-8,13,17H,5-6,15H2,1-4H3. The molecule has 2 heterocycles. The number of ether oxygens (including phenoxy) is 1. The van der Waals surface area contributed by atoms with Gasteiger partial charge in [-0.15, -0.1) is 11.3 Å². The van der Waals surface area contributed by atoms with Crippen molar-refractivity contribution in [2.24, 2.45) is 5.84 Å². The second-order valence-corrected chi connectivity index (χ2v) is 6.10. The van der Waals surface area contributed by atoms with Gasteiger partial charge in [-0.05, 0) is 31.9 Å². The second kappa shape index (κ2) is 6.39. The summed E-state index contributed by atoms with van der Waals surface area (Å²) in [6.45, 7) is 7.21. The van der Waals surface area contributed by atoms with Gasteiger partial charge in [0, 0.05) is 16.3 Å². The third-order valence-electron chi connectivity index (χ3n) is 3.41. The number of hydrogen-bond donors (Lipinski definition) is 2. The highest BCUT2D eigenvalue weighted by atomic mass is 32.1. The predicted octanol–water partition coefficient (Wildman–Crippen LogP) is 2.53. The Bertz CT molecular complexity index is 556. The van der Waals surface area contributed by atoms with E-state index in [9.17, 15) is 0 Å². The smallest absolute Gasteiger partial charge is 0.162 e. The number of aryl methyl sites for hydroxylation is 3. The maximum atomic E-state index is 5.80. The van der Waals surface area contributed by atoms with E-state index in [-0.39, 0.29) is 6.04 Å². The van der Waals surface area contributed by atoms with E-state index in [2.05, 4.69) is 37.4 Å². The Balaban J connectivity index is 2.47. The molecule has 0 spiro atoms. The summed E-state index contributed by atoms with van der Waals surface area (Å²) in [5.74, 6) is 6.57. The van der Waals surface area contributed by atoms with Crippen molar-refractivity contribution in [2.45, 2.75) is 39.8 Å². The molecule has 0 bridgehead atoms. The van der Waals surface area contributed by atoms with Crippen LogP contribution in [0.4, 0.5) is 0 Å². The zero-order chi connectivity index (χ0) is 14.7. The largest absolute Gasteiger partial charge is 0.493 e. The van der Waals surface area contributed by atoms with E-state index in [0.29, 0.717) is 0 Å². The molecule has 2 aromatic heterocycles. The first-order valence-corrected chi connectivity index (χ1v) is 7.56. The number of hydrogen-bond acceptors (Lipinski definition) is 5. The maximum absolute atomic E-state index is 5.80. The number of rotatable bonds is 6. The van der Waals surface area contributed by atoms with E-state index in [0.717, 1.165) is 24.4 Å². The number of methoxy groups -OCH3 is 1. The summed E-state index contributed by atoms with van der Waals surface area (Å²) in [6.07, 6.45) is 2.76. The first kappa shape index (κ1) is 15.0. The minimum Gasteiger partial charge on any atom is -0.493 e. The molecule has 0 saturated heterocycles. The highest BCUT2D eigenvalue weighted by Crippen LogP contribution is 2.34. The molecular formula is C14H22N4OS. The van der Waals surface area contributed by atoms with Gasteiger partial charge in [0.15, 0.2) is 5.75 Å². The van der Waals surface area contributed by atoms with Gasteiger partial charge in [0.1, 0.15) is 11.7 Å². The topological polar surface area (TPSA) is 65.1 Å². The van der Waals surface area contributed by atoms with Crippen molar-refractivity contribution < 1.29 is 4.74 Å². The van der Waals surface area contributed by atoms with Crippen LogP contribution in [-0.4, -0.2) is 16.9 Å². The van der Waals surface area contributed by atoms with Crippen molar-refractivity contribution in [3.8, 4) is 5.75 Å². The first-order chi connectivity index (χ1) is 9.62. The lowest BCUT2D eigenvalue weighted by Gasteiger charge is -2.17. The molecule has 2 rings (SSSR count). The van der Waals surface area contributed by atoms with Crippen LogP contribution in [0.3, 0.4) is 0 Å². The van der Waals surface area contributed by atoms with Gasteiger partial charge in [-0.1, -0.05) is 6.92 Å². The fraction of sp³-hybridized carbons (Fsp3) is 0.500. The van der Waals surface area contributed by atoms with Gasteiger partial charge in [-0.2, -0.15) is 5.10 Å². The van der Waals surface area contributed by atoms with Crippen LogP contribution in [-0.2, 0) is 6.54 Å². The van der Waals surface area contributed by atoms with E-state index in [1.165, 1.54) is 15.3 Å². The van der Waals surface area contributed by atoms with E-state index in [1.54, 1.807) is 24.6 Å². The molecule has 0 radical (unpaired) electrons. The highest BCUT2D eigenvalue weighted by molar-refractivity contribution is 7.12. The summed E-state index contributed by atoms with van der Waals surface area (Å²) in [4.78, 5) is 2.49. The molecule has 1 atom stereocenters. The van der Waals surface area contributed by atoms with E-state index < -0.39 is 0 Å². The Kier molecular flexibility index (Phi) is 4.80. The minimum atomic E-state index is -0.101. The van der Waals surface area contributed by atoms with Gasteiger partial charge in [0.2, 0.25) is 0 Å². The molecular weight excluding hydrogens is 272 g/mol. The van der Waals surface area contributed by atoms with Crippen molar-refractivity contribution in [3.05, 3.63) is 33.3 Å². The number of thiophene rings is 1. The van der Waals surface area contributed by atoms with Crippen molar-refractivity contribution in [1.29, 1.82) is 0 Å². The van der Waals surface area contributed by atoms with Gasteiger partial charge >= 0.3 is 0 Å². The second-order valence-electron chi connectivity index (χ2n) is 4.81. The average Bonchev–Trinajstić information content (AvgIpc) is 2.97. The summed E-state index contributed by atoms with van der Waals surface area (Å²) in [5, 5.41) is 4.40. The van der Waals surface area contributed by atoms with Gasteiger partial charge in [0.25, 0.3) is 0 Å². The molecule has 0 aliphatic carbocycles. The molecule has 0 fully saturated rings. The molecule has 3 N–H and O–H groups in total. The van der Waals surface area contributed by atoms with Crippen LogP contribution < -0.4 is 16.0 Å². The Morgan fingerprint density at radius 2 is 2.25 bits per heavy atom. The van der Waals surface area contributed by atoms with Gasteiger partial charge in [0.05, 0.1) is 13.3 Å². The Labute approximate surface area is 123 Å². The number of nitrogens with one attached hydrogen (secondary N) is 1. The summed E-state index contributed by atoms with van der Waals surface area (Å²) >= 11 is 1.75. The Hall–Kier alpha value is -1.37. The molecule has 5 nitrogen and oxygen atoms in total. The van der Waals surface area contributed by atoms with Crippen molar-refractivity contribution in [3.63, 3.8) is 0 Å². The van der Waals surface area contributed by atoms with E-state index in [4.69, 9.17) is 10.6 Å². The fourth-order valence-corrected chi connectivity index (χ4v) is 3.36. The lowest BCUT2D eigenvalue weighted by molar-refractivity contribution is 0.399. The number of hydrazine groups is 1. The van der Waals surface area contributed by atoms with Crippen molar-refractivity contribution in [2.75, 3.05) is 7.11 Å². The fourth-order valence-electron chi connectivity index (χ4n) is 2.26. The zero-order valence-electron chi connectivity index (χ0n) is 12.4. The van der Waals surface area contributed by atoms with Crippen molar-refractivity contribution in [1.82, 2.24) is 15.2 Å². The molecule has 0 aliphatic heterocycles. The minimum absolute atomic E-state index is 0.101. The van der Waals surface area contributed by atoms with Crippen LogP contribution in [0.5, 0.6) is 5.75 Å². The molecule has 110 valence electrons. The molecule has 0 aliphatic rings. The molecule has 0 saturated carbocycles. The molecule has 0 amide bonds. The van der Waals surface area contributed by atoms with Gasteiger partial charge in [-0.25, -0.2) is 5.43 Å². The molecule has 20 heavy (non-hydrogen) atoms. The third-order valence-corrected chi connectivity index (χ3v) is 4.63. The van der Waals surface area contributed by atoms with Gasteiger partial charge in [-0.3, -0.25) is 10.5 Å². The van der Waals surface area contributed by atoms with E-state index >= 15 is 0 Å². The number of aromatic nitrogens is 2. The molecule has 0 aromatic carbocycles. The van der Waals surface area contributed by atoms with Gasteiger partial charge < -0.3 is 4.74 Å². The van der Waals surface area contributed by atoms with Crippen molar-refractivity contribution >= 4 is 11.3 Å². The van der Waals surface area contributed by atoms with Crippen LogP contribution in [0.25, 0.3) is 0 Å². The number of nitrogens with zero attached hydrogens (tertiary/aromatic N) is 2. The Morgan fingerprint density at radius 3 is 2.75 bits per heavy atom. The molecule has 1 unspecified atom stereocenters. The average molecular weight is 294 g/mol. The SMILES string of the molecule is CCCn1ncc(OC)c1C(NN)c1cc(C)c(C)s1. The summed E-state index contributed by atoms with van der Waals surface area (Å²) < 4.78 is 7.41. The summed E-state index contributed by atoms with van der Waals surface area (Å²) in [6, 6.07) is 2.07. The predicted molar refractivity (Wildman–Crippen MR) is 82.0 cm³/mol. The quantitative estimate of drug-likeness (QED) is 0.635. The van der Waals surface area contributed by atoms with Crippen LogP contribution >= 0.6 is 11.3 Å². The highest BCUT2D eigenvalue weighted by Gasteiger charge is 2.24. The maximum Gasteiger partial charge on any atom is 0.162 e. The van der Waals surface area contributed by atoms with Crippen LogP contribution in [0.15, 0.2) is 12.3 Å². The molecule has 6 heteroatoms. The third kappa shape index (κ3) is 2.72. The lowest BCUT2D eigenvalue weighted by Crippen LogP contribution is -2.30. The first-order valence-electron chi connectivity index (χ1n) is 6.75. The monoisotopic (exact) mass is 294 g/mol. The van der Waals surface area contributed by atoms with Crippen LogP contribution in [0.2, 0.25) is 0 Å². The normalized spacial score (nSPS) is 12.7. The zero-order valence-corrected chi connectivity index (χ0v) is 13.3. The lowest BCUT2D eigenvalue weighted by atomic mass is 10.1. The molecule has 2 aromatic rings. The number of nitrogens with two attached hydrogens (primary N) is 1. The Morgan fingerprint density at radius 1 is 1.50 bits per heavy atom. The summed E-state index contributed by atoms with van der Waals surface area (Å²) in [5.41, 5.74) is 5.17. The summed E-state index contributed by atoms with van der Waals surface area (Å²) in [7, 11) is 1.66.